The lowest BCUT2D eigenvalue weighted by Gasteiger charge is -1.92. The molecule has 0 nitrogen and oxygen atoms in total. The molecule has 0 amide bonds. The highest BCUT2D eigenvalue weighted by molar-refractivity contribution is 5.81. The second kappa shape index (κ2) is 15.3. The molecule has 0 atom stereocenters. The molecule has 0 unspecified atom stereocenters. The summed E-state index contributed by atoms with van der Waals surface area (Å²) in [5.41, 5.74) is 0. The number of hydrogen-bond acceptors (Lipinski definition) is 0. The van der Waals surface area contributed by atoms with Gasteiger partial charge in [0.2, 0.25) is 0 Å². The Bertz CT molecular complexity index is 373. The summed E-state index contributed by atoms with van der Waals surface area (Å²) in [7, 11) is 0. The summed E-state index contributed by atoms with van der Waals surface area (Å²) in [5.74, 6) is 5.36. The molecule has 0 bridgehead atoms. The van der Waals surface area contributed by atoms with Crippen molar-refractivity contribution in [1.29, 1.82) is 0 Å². The molecule has 0 heteroatoms. The van der Waals surface area contributed by atoms with Crippen LogP contribution in [0.1, 0.15) is 41.5 Å². The molecule has 0 aliphatic heterocycles. The van der Waals surface area contributed by atoms with Crippen LogP contribution in [0.15, 0.2) is 48.5 Å². The van der Waals surface area contributed by atoms with E-state index in [1.54, 1.807) is 0 Å². The van der Waals surface area contributed by atoms with Crippen molar-refractivity contribution in [2.24, 2.45) is 0 Å². The van der Waals surface area contributed by atoms with Crippen LogP contribution < -0.4 is 0 Å². The van der Waals surface area contributed by atoms with Crippen molar-refractivity contribution >= 4 is 10.8 Å². The maximum atomic E-state index is 2.68. The van der Waals surface area contributed by atoms with Crippen LogP contribution in [0.2, 0.25) is 0 Å². The average molecular weight is 242 g/mol. The Morgan fingerprint density at radius 2 is 0.778 bits per heavy atom. The van der Waals surface area contributed by atoms with Gasteiger partial charge in [-0.1, -0.05) is 76.2 Å². The molecule has 0 heterocycles. The fourth-order valence-electron chi connectivity index (χ4n) is 1.13. The van der Waals surface area contributed by atoms with Gasteiger partial charge in [-0.05, 0) is 24.6 Å². The van der Waals surface area contributed by atoms with Gasteiger partial charge in [-0.2, -0.15) is 0 Å². The van der Waals surface area contributed by atoms with Gasteiger partial charge in [0.15, 0.2) is 0 Å². The molecule has 98 valence electrons. The Labute approximate surface area is 113 Å². The third-order valence-electron chi connectivity index (χ3n) is 1.91. The van der Waals surface area contributed by atoms with Crippen LogP contribution in [0.5, 0.6) is 0 Å². The first-order chi connectivity index (χ1) is 8.88. The SMILES string of the molecule is CC.CC.CC#CC.c1ccc2ccccc2c1. The van der Waals surface area contributed by atoms with E-state index in [0.717, 1.165) is 0 Å². The molecule has 0 N–H and O–H groups in total. The van der Waals surface area contributed by atoms with Gasteiger partial charge in [0.25, 0.3) is 0 Å². The Morgan fingerprint density at radius 3 is 0.944 bits per heavy atom. The molecule has 0 saturated heterocycles. The van der Waals surface area contributed by atoms with Crippen LogP contribution in [0.4, 0.5) is 0 Å². The van der Waals surface area contributed by atoms with Crippen LogP contribution in [0, 0.1) is 11.8 Å². The fraction of sp³-hybridized carbons (Fsp3) is 0.333. The predicted molar refractivity (Wildman–Crippen MR) is 85.8 cm³/mol. The molecule has 0 aliphatic rings. The minimum Gasteiger partial charge on any atom is -0.107 e. The maximum absolute atomic E-state index is 2.68. The van der Waals surface area contributed by atoms with Gasteiger partial charge < -0.3 is 0 Å². The molecular weight excluding hydrogens is 216 g/mol. The van der Waals surface area contributed by atoms with Crippen molar-refractivity contribution in [3.05, 3.63) is 48.5 Å². The first kappa shape index (κ1) is 18.6. The summed E-state index contributed by atoms with van der Waals surface area (Å²) in [5, 5.41) is 2.62. The molecular formula is C18H26. The molecule has 2 rings (SSSR count). The Morgan fingerprint density at radius 1 is 0.556 bits per heavy atom. The van der Waals surface area contributed by atoms with Crippen molar-refractivity contribution in [1.82, 2.24) is 0 Å². The summed E-state index contributed by atoms with van der Waals surface area (Å²) in [6.45, 7) is 11.6. The van der Waals surface area contributed by atoms with E-state index in [9.17, 15) is 0 Å². The van der Waals surface area contributed by atoms with E-state index in [1.165, 1.54) is 10.8 Å². The van der Waals surface area contributed by atoms with E-state index in [0.29, 0.717) is 0 Å². The van der Waals surface area contributed by atoms with E-state index in [2.05, 4.69) is 60.4 Å². The first-order valence-corrected chi connectivity index (χ1v) is 6.65. The molecule has 0 aliphatic carbocycles. The van der Waals surface area contributed by atoms with Crippen LogP contribution >= 0.6 is 0 Å². The monoisotopic (exact) mass is 242 g/mol. The van der Waals surface area contributed by atoms with Crippen LogP contribution in [-0.2, 0) is 0 Å². The molecule has 0 radical (unpaired) electrons. The van der Waals surface area contributed by atoms with Crippen molar-refractivity contribution in [3.63, 3.8) is 0 Å². The van der Waals surface area contributed by atoms with Gasteiger partial charge in [0.1, 0.15) is 0 Å². The Balaban J connectivity index is 0. The summed E-state index contributed by atoms with van der Waals surface area (Å²) < 4.78 is 0. The number of rotatable bonds is 0. The largest absolute Gasteiger partial charge is 0.107 e. The zero-order valence-corrected chi connectivity index (χ0v) is 12.6. The molecule has 0 fully saturated rings. The van der Waals surface area contributed by atoms with Crippen molar-refractivity contribution in [3.8, 4) is 11.8 Å². The van der Waals surface area contributed by atoms with Crippen LogP contribution in [0.3, 0.4) is 0 Å². The number of fused-ring (bicyclic) bond motifs is 1. The third kappa shape index (κ3) is 8.42. The summed E-state index contributed by atoms with van der Waals surface area (Å²) in [4.78, 5) is 0. The molecule has 0 aromatic heterocycles. The van der Waals surface area contributed by atoms with Crippen molar-refractivity contribution in [2.75, 3.05) is 0 Å². The Kier molecular flexibility index (Phi) is 15.8. The summed E-state index contributed by atoms with van der Waals surface area (Å²) >= 11 is 0. The highest BCUT2D eigenvalue weighted by Gasteiger charge is 1.85. The molecule has 18 heavy (non-hydrogen) atoms. The quantitative estimate of drug-likeness (QED) is 0.503. The zero-order valence-electron chi connectivity index (χ0n) is 12.6. The van der Waals surface area contributed by atoms with Crippen LogP contribution in [0.25, 0.3) is 10.8 Å². The number of benzene rings is 2. The predicted octanol–water partition coefficient (Wildman–Crippen LogP) is 5.92. The second-order valence-corrected chi connectivity index (χ2v) is 2.85. The topological polar surface area (TPSA) is 0 Å². The zero-order chi connectivity index (χ0) is 14.2. The molecule has 2 aromatic carbocycles. The highest BCUT2D eigenvalue weighted by atomic mass is 13.9. The summed E-state index contributed by atoms with van der Waals surface area (Å²) in [6, 6.07) is 16.7. The molecule has 0 saturated carbocycles. The minimum atomic E-state index is 1.31. The smallest absolute Gasteiger partial charge is 0.00271 e. The summed E-state index contributed by atoms with van der Waals surface area (Å²) in [6.07, 6.45) is 0. The second-order valence-electron chi connectivity index (χ2n) is 2.85. The standard InChI is InChI=1S/C10H8.C4H6.2C2H6/c1-2-6-10-8-4-3-7-9(10)5-1;1-3-4-2;2*1-2/h1-8H;1-2H3;2*1-2H3. The van der Waals surface area contributed by atoms with E-state index < -0.39 is 0 Å². The normalized spacial score (nSPS) is 7.00. The highest BCUT2D eigenvalue weighted by Crippen LogP contribution is 2.11. The van der Waals surface area contributed by atoms with Crippen LogP contribution in [-0.4, -0.2) is 0 Å². The molecule has 0 spiro atoms. The van der Waals surface area contributed by atoms with Gasteiger partial charge in [-0.3, -0.25) is 0 Å². The minimum absolute atomic E-state index is 1.31. The average Bonchev–Trinajstić information content (AvgIpc) is 2.51. The van der Waals surface area contributed by atoms with Crippen molar-refractivity contribution in [2.45, 2.75) is 41.5 Å². The van der Waals surface area contributed by atoms with Gasteiger partial charge in [-0.25, -0.2) is 0 Å². The van der Waals surface area contributed by atoms with E-state index in [1.807, 2.05) is 41.5 Å². The lowest BCUT2D eigenvalue weighted by molar-refractivity contribution is 1.50. The number of hydrogen-bond donors (Lipinski definition) is 0. The van der Waals surface area contributed by atoms with Gasteiger partial charge in [0, 0.05) is 0 Å². The van der Waals surface area contributed by atoms with E-state index in [4.69, 9.17) is 0 Å². The van der Waals surface area contributed by atoms with Gasteiger partial charge in [-0.15, -0.1) is 11.8 Å². The maximum Gasteiger partial charge on any atom is -0.00271 e. The van der Waals surface area contributed by atoms with Gasteiger partial charge in [0.05, 0.1) is 0 Å². The first-order valence-electron chi connectivity index (χ1n) is 6.65. The lowest BCUT2D eigenvalue weighted by atomic mass is 10.1. The third-order valence-corrected chi connectivity index (χ3v) is 1.91. The Hall–Kier alpha value is -1.74. The van der Waals surface area contributed by atoms with Gasteiger partial charge >= 0.3 is 0 Å². The lowest BCUT2D eigenvalue weighted by Crippen LogP contribution is -1.67. The fourth-order valence-corrected chi connectivity index (χ4v) is 1.13. The van der Waals surface area contributed by atoms with Crippen molar-refractivity contribution < 1.29 is 0 Å². The van der Waals surface area contributed by atoms with E-state index in [-0.39, 0.29) is 0 Å². The van der Waals surface area contributed by atoms with E-state index >= 15 is 0 Å². The molecule has 2 aromatic rings.